The minimum Gasteiger partial charge on any atom is -0.338 e. The molecule has 3 aliphatic heterocycles. The van der Waals surface area contributed by atoms with Gasteiger partial charge in [0.05, 0.1) is 6.54 Å². The lowest BCUT2D eigenvalue weighted by atomic mass is 9.87. The van der Waals surface area contributed by atoms with Gasteiger partial charge in [0.15, 0.2) is 0 Å². The van der Waals surface area contributed by atoms with Crippen LogP contribution in [0, 0.1) is 13.8 Å². The smallest absolute Gasteiger partial charge is 0.225 e. The summed E-state index contributed by atoms with van der Waals surface area (Å²) in [6, 6.07) is 3.16. The number of hydrogen-bond donors (Lipinski definition) is 0. The minimum atomic E-state index is 0.569. The maximum atomic E-state index is 4.60. The number of anilines is 1. The van der Waals surface area contributed by atoms with Crippen LogP contribution in [0.2, 0.25) is 0 Å². The van der Waals surface area contributed by atoms with Crippen LogP contribution in [-0.4, -0.2) is 54.8 Å². The molecule has 2 aromatic rings. The first kappa shape index (κ1) is 13.6. The van der Waals surface area contributed by atoms with Gasteiger partial charge in [0.2, 0.25) is 5.95 Å². The predicted octanol–water partition coefficient (Wildman–Crippen LogP) is 0.685. The molecule has 5 rings (SSSR count). The Balaban J connectivity index is 1.47. The quantitative estimate of drug-likeness (QED) is 0.831. The van der Waals surface area contributed by atoms with Crippen molar-refractivity contribution in [2.75, 3.05) is 18.0 Å². The fourth-order valence-electron chi connectivity index (χ4n) is 3.57. The zero-order valence-corrected chi connectivity index (χ0v) is 13.3. The van der Waals surface area contributed by atoms with E-state index in [2.05, 4.69) is 30.0 Å². The molecule has 7 heteroatoms. The molecule has 3 fully saturated rings. The van der Waals surface area contributed by atoms with Gasteiger partial charge in [-0.3, -0.25) is 4.90 Å². The summed E-state index contributed by atoms with van der Waals surface area (Å²) in [5, 5.41) is 8.16. The van der Waals surface area contributed by atoms with Gasteiger partial charge in [-0.15, -0.1) is 10.2 Å². The first-order valence-electron chi connectivity index (χ1n) is 7.76. The molecule has 3 aliphatic rings. The van der Waals surface area contributed by atoms with Crippen molar-refractivity contribution < 1.29 is 0 Å². The number of aromatic nitrogens is 5. The van der Waals surface area contributed by atoms with Gasteiger partial charge >= 0.3 is 0 Å². The Kier molecular flexibility index (Phi) is 3.11. The lowest BCUT2D eigenvalue weighted by molar-refractivity contribution is -0.0117. The van der Waals surface area contributed by atoms with E-state index in [9.17, 15) is 0 Å². The lowest BCUT2D eigenvalue weighted by Crippen LogP contribution is -2.68. The molecule has 2 aromatic heterocycles. The fourth-order valence-corrected chi connectivity index (χ4v) is 3.57. The molecule has 5 heterocycles. The molecule has 2 bridgehead atoms. The molecular weight excluding hydrogens is 278 g/mol. The first-order chi connectivity index (χ1) is 10.6. The standard InChI is InChI=1S/C15H21N7/c1-10-4-11(2)18-15(17-10)21-6-12-5-13(7-21)22(12)8-14-19-16-9-20(14)3/h4,9,12-13H,5-8H2,1-3H3. The van der Waals surface area contributed by atoms with E-state index in [1.807, 2.05) is 31.5 Å². The summed E-state index contributed by atoms with van der Waals surface area (Å²) in [6.07, 6.45) is 3.03. The molecule has 0 aromatic carbocycles. The monoisotopic (exact) mass is 299 g/mol. The van der Waals surface area contributed by atoms with Crippen LogP contribution in [0.4, 0.5) is 5.95 Å². The molecule has 0 spiro atoms. The molecule has 3 saturated heterocycles. The average molecular weight is 299 g/mol. The highest BCUT2D eigenvalue weighted by molar-refractivity contribution is 5.36. The van der Waals surface area contributed by atoms with Crippen LogP contribution in [0.1, 0.15) is 23.6 Å². The van der Waals surface area contributed by atoms with Crippen LogP contribution in [0.25, 0.3) is 0 Å². The summed E-state index contributed by atoms with van der Waals surface area (Å²) in [5.41, 5.74) is 2.08. The van der Waals surface area contributed by atoms with Crippen molar-refractivity contribution in [3.8, 4) is 0 Å². The van der Waals surface area contributed by atoms with E-state index in [4.69, 9.17) is 0 Å². The molecule has 7 nitrogen and oxygen atoms in total. The largest absolute Gasteiger partial charge is 0.338 e. The summed E-state index contributed by atoms with van der Waals surface area (Å²) in [5.74, 6) is 1.91. The number of rotatable bonds is 3. The highest BCUT2D eigenvalue weighted by Gasteiger charge is 2.45. The highest BCUT2D eigenvalue weighted by atomic mass is 15.4. The Hall–Kier alpha value is -2.02. The van der Waals surface area contributed by atoms with Crippen LogP contribution >= 0.6 is 0 Å². The topological polar surface area (TPSA) is 63.0 Å². The third-order valence-corrected chi connectivity index (χ3v) is 4.73. The molecule has 0 saturated carbocycles. The number of fused-ring (bicyclic) bond motifs is 2. The Morgan fingerprint density at radius 1 is 1.14 bits per heavy atom. The van der Waals surface area contributed by atoms with Crippen molar-refractivity contribution >= 4 is 5.95 Å². The van der Waals surface area contributed by atoms with Crippen molar-refractivity contribution in [2.45, 2.75) is 38.9 Å². The van der Waals surface area contributed by atoms with E-state index in [1.54, 1.807) is 6.33 Å². The summed E-state index contributed by atoms with van der Waals surface area (Å²) in [6.45, 7) is 6.94. The van der Waals surface area contributed by atoms with Crippen LogP contribution in [-0.2, 0) is 13.6 Å². The van der Waals surface area contributed by atoms with E-state index in [0.717, 1.165) is 42.8 Å². The van der Waals surface area contributed by atoms with Crippen molar-refractivity contribution in [1.29, 1.82) is 0 Å². The number of nitrogens with zero attached hydrogens (tertiary/aromatic N) is 7. The third-order valence-electron chi connectivity index (χ3n) is 4.73. The molecule has 2 atom stereocenters. The Morgan fingerprint density at radius 2 is 1.82 bits per heavy atom. The highest BCUT2D eigenvalue weighted by Crippen LogP contribution is 2.34. The molecule has 22 heavy (non-hydrogen) atoms. The van der Waals surface area contributed by atoms with E-state index in [1.165, 1.54) is 6.42 Å². The normalized spacial score (nSPS) is 24.4. The van der Waals surface area contributed by atoms with Crippen LogP contribution < -0.4 is 4.90 Å². The molecule has 0 N–H and O–H groups in total. The summed E-state index contributed by atoms with van der Waals surface area (Å²) in [7, 11) is 2.00. The maximum absolute atomic E-state index is 4.60. The molecule has 116 valence electrons. The van der Waals surface area contributed by atoms with Gasteiger partial charge in [-0.1, -0.05) is 0 Å². The number of piperazine rings is 1. The fraction of sp³-hybridized carbons (Fsp3) is 0.600. The van der Waals surface area contributed by atoms with Gasteiger partial charge < -0.3 is 9.47 Å². The van der Waals surface area contributed by atoms with Gasteiger partial charge in [0.1, 0.15) is 12.2 Å². The van der Waals surface area contributed by atoms with E-state index in [-0.39, 0.29) is 0 Å². The minimum absolute atomic E-state index is 0.569. The van der Waals surface area contributed by atoms with Crippen LogP contribution in [0.15, 0.2) is 12.4 Å². The van der Waals surface area contributed by atoms with Crippen LogP contribution in [0.5, 0.6) is 0 Å². The Labute approximate surface area is 130 Å². The van der Waals surface area contributed by atoms with E-state index < -0.39 is 0 Å². The number of aryl methyl sites for hydroxylation is 3. The van der Waals surface area contributed by atoms with Crippen LogP contribution in [0.3, 0.4) is 0 Å². The second-order valence-electron chi connectivity index (χ2n) is 6.43. The molecule has 2 unspecified atom stereocenters. The van der Waals surface area contributed by atoms with Crippen molar-refractivity contribution in [1.82, 2.24) is 29.6 Å². The first-order valence-corrected chi connectivity index (χ1v) is 7.76. The number of piperidine rings is 1. The van der Waals surface area contributed by atoms with Gasteiger partial charge in [-0.2, -0.15) is 0 Å². The van der Waals surface area contributed by atoms with Gasteiger partial charge in [-0.05, 0) is 26.3 Å². The van der Waals surface area contributed by atoms with Gasteiger partial charge in [0.25, 0.3) is 0 Å². The average Bonchev–Trinajstić information content (AvgIpc) is 2.89. The van der Waals surface area contributed by atoms with E-state index in [0.29, 0.717) is 12.1 Å². The Morgan fingerprint density at radius 3 is 2.41 bits per heavy atom. The molecule has 0 aliphatic carbocycles. The zero-order chi connectivity index (χ0) is 15.3. The van der Waals surface area contributed by atoms with Crippen molar-refractivity contribution in [3.05, 3.63) is 29.6 Å². The SMILES string of the molecule is Cc1cc(C)nc(N2CC3CC(C2)N3Cc2nncn2C)n1. The van der Waals surface area contributed by atoms with Gasteiger partial charge in [0, 0.05) is 43.6 Å². The zero-order valence-electron chi connectivity index (χ0n) is 13.3. The second-order valence-corrected chi connectivity index (χ2v) is 6.43. The molecule has 0 radical (unpaired) electrons. The Bertz CT molecular complexity index is 663. The summed E-state index contributed by atoms with van der Waals surface area (Å²) < 4.78 is 2.00. The third kappa shape index (κ3) is 2.25. The summed E-state index contributed by atoms with van der Waals surface area (Å²) in [4.78, 5) is 14.1. The van der Waals surface area contributed by atoms with Crippen molar-refractivity contribution in [3.63, 3.8) is 0 Å². The number of hydrogen-bond acceptors (Lipinski definition) is 6. The summed E-state index contributed by atoms with van der Waals surface area (Å²) >= 11 is 0. The van der Waals surface area contributed by atoms with Gasteiger partial charge in [-0.25, -0.2) is 9.97 Å². The molecular formula is C15H21N7. The maximum Gasteiger partial charge on any atom is 0.225 e. The van der Waals surface area contributed by atoms with Crippen molar-refractivity contribution in [2.24, 2.45) is 7.05 Å². The molecule has 0 amide bonds. The predicted molar refractivity (Wildman–Crippen MR) is 82.5 cm³/mol. The lowest BCUT2D eigenvalue weighted by Gasteiger charge is -2.56. The second kappa shape index (κ2) is 5.01. The van der Waals surface area contributed by atoms with E-state index >= 15 is 0 Å².